The van der Waals surface area contributed by atoms with E-state index in [4.69, 9.17) is 0 Å². The highest BCUT2D eigenvalue weighted by Gasteiger charge is 2.54. The molecule has 12 rings (SSSR count). The molecule has 0 amide bonds. The molecule has 3 heterocycles. The van der Waals surface area contributed by atoms with E-state index in [1.54, 1.807) is 0 Å². The van der Waals surface area contributed by atoms with E-state index in [2.05, 4.69) is 211 Å². The number of hydrogen-bond acceptors (Lipinski definition) is 2. The summed E-state index contributed by atoms with van der Waals surface area (Å²) in [7, 11) is 0. The molecule has 256 valence electrons. The van der Waals surface area contributed by atoms with Crippen molar-refractivity contribution < 1.29 is 0 Å². The largest absolute Gasteiger partial charge is 0.311 e. The molecule has 0 saturated carbocycles. The Kier molecular flexibility index (Phi) is 6.31. The summed E-state index contributed by atoms with van der Waals surface area (Å²) in [6, 6.07) is 72.8. The maximum atomic E-state index is 2.56. The van der Waals surface area contributed by atoms with Gasteiger partial charge >= 0.3 is 0 Å². The Balaban J connectivity index is 1.27. The zero-order valence-electron chi connectivity index (χ0n) is 30.4. The topological polar surface area (TPSA) is 6.48 Å². The highest BCUT2D eigenvalue weighted by Crippen LogP contribution is 2.53. The van der Waals surface area contributed by atoms with E-state index in [9.17, 15) is 0 Å². The van der Waals surface area contributed by atoms with Crippen molar-refractivity contribution in [3.8, 4) is 0 Å². The van der Waals surface area contributed by atoms with E-state index in [-0.39, 0.29) is 6.71 Å². The lowest BCUT2D eigenvalue weighted by atomic mass is 9.28. The number of aryl methyl sites for hydroxylation is 1. The van der Waals surface area contributed by atoms with Gasteiger partial charge in [-0.15, -0.1) is 0 Å². The van der Waals surface area contributed by atoms with Crippen molar-refractivity contribution >= 4 is 78.8 Å². The smallest absolute Gasteiger partial charge is 0.253 e. The van der Waals surface area contributed by atoms with Crippen molar-refractivity contribution in [1.82, 2.24) is 0 Å². The summed E-state index contributed by atoms with van der Waals surface area (Å²) in [6.07, 6.45) is 0. The molecule has 0 atom stereocenters. The van der Waals surface area contributed by atoms with Gasteiger partial charge in [0.2, 0.25) is 0 Å². The second kappa shape index (κ2) is 11.3. The predicted octanol–water partition coefficient (Wildman–Crippen LogP) is 11.1. The quantitative estimate of drug-likeness (QED) is 0.169. The fraction of sp³-hybridized carbons (Fsp3) is 0.0385. The van der Waals surface area contributed by atoms with E-state index < -0.39 is 5.41 Å². The van der Waals surface area contributed by atoms with Crippen LogP contribution in [0.1, 0.15) is 27.8 Å². The second-order valence-corrected chi connectivity index (χ2v) is 15.3. The van der Waals surface area contributed by atoms with Crippen molar-refractivity contribution in [2.24, 2.45) is 0 Å². The van der Waals surface area contributed by atoms with Crippen LogP contribution in [0.2, 0.25) is 0 Å². The van der Waals surface area contributed by atoms with E-state index in [1.165, 1.54) is 99.9 Å². The minimum atomic E-state index is -0.556. The average molecular weight is 699 g/mol. The van der Waals surface area contributed by atoms with Crippen molar-refractivity contribution in [3.05, 3.63) is 222 Å². The van der Waals surface area contributed by atoms with Gasteiger partial charge in [-0.05, 0) is 121 Å². The maximum Gasteiger partial charge on any atom is 0.253 e. The van der Waals surface area contributed by atoms with Gasteiger partial charge in [-0.25, -0.2) is 0 Å². The summed E-state index contributed by atoms with van der Waals surface area (Å²) in [4.78, 5) is 5.12. The number of hydrogen-bond donors (Lipinski definition) is 0. The van der Waals surface area contributed by atoms with Crippen molar-refractivity contribution in [1.29, 1.82) is 0 Å². The Morgan fingerprint density at radius 1 is 0.364 bits per heavy atom. The van der Waals surface area contributed by atoms with Crippen molar-refractivity contribution in [3.63, 3.8) is 0 Å². The van der Waals surface area contributed by atoms with Crippen LogP contribution in [0.3, 0.4) is 0 Å². The van der Waals surface area contributed by atoms with Crippen LogP contribution in [0.25, 0.3) is 21.5 Å². The van der Waals surface area contributed by atoms with Crippen LogP contribution in [0.15, 0.2) is 194 Å². The molecule has 0 spiro atoms. The van der Waals surface area contributed by atoms with Crippen LogP contribution >= 0.6 is 0 Å². The monoisotopic (exact) mass is 698 g/mol. The molecule has 9 aromatic carbocycles. The lowest BCUT2D eigenvalue weighted by Gasteiger charge is -2.52. The summed E-state index contributed by atoms with van der Waals surface area (Å²) < 4.78 is 0. The standard InChI is InChI=1S/C52H35BN2/c1-34-30-47-51-48(31-34)55(42-29-27-36-15-9-11-17-38(36)33-42)46-25-13-23-44-50(46)53(51)49-43(52(44,39-18-4-2-5-19-39)40-20-6-3-7-21-40)22-12-24-45(49)54(47)41-28-26-35-14-8-10-16-37(35)32-41/h2-33H,1H3. The molecule has 3 aliphatic heterocycles. The average Bonchev–Trinajstić information content (AvgIpc) is 3.24. The zero-order valence-corrected chi connectivity index (χ0v) is 30.4. The van der Waals surface area contributed by atoms with Crippen LogP contribution in [0.4, 0.5) is 34.1 Å². The Hall–Kier alpha value is -6.84. The zero-order chi connectivity index (χ0) is 36.3. The van der Waals surface area contributed by atoms with Gasteiger partial charge < -0.3 is 9.80 Å². The van der Waals surface area contributed by atoms with Crippen LogP contribution in [-0.2, 0) is 5.41 Å². The van der Waals surface area contributed by atoms with E-state index >= 15 is 0 Å². The fourth-order valence-electron chi connectivity index (χ4n) is 10.4. The second-order valence-electron chi connectivity index (χ2n) is 15.3. The Bertz CT molecular complexity index is 2820. The van der Waals surface area contributed by atoms with Gasteiger partial charge in [-0.3, -0.25) is 0 Å². The van der Waals surface area contributed by atoms with E-state index in [0.717, 1.165) is 0 Å². The van der Waals surface area contributed by atoms with Gasteiger partial charge in [0.25, 0.3) is 6.71 Å². The molecule has 2 nitrogen and oxygen atoms in total. The number of nitrogens with zero attached hydrogens (tertiary/aromatic N) is 2. The number of anilines is 6. The predicted molar refractivity (Wildman–Crippen MR) is 232 cm³/mol. The molecule has 0 bridgehead atoms. The lowest BCUT2D eigenvalue weighted by Crippen LogP contribution is -2.68. The molecule has 55 heavy (non-hydrogen) atoms. The highest BCUT2D eigenvalue weighted by atomic mass is 15.2. The first kappa shape index (κ1) is 30.6. The molecular formula is C52H35BN2. The van der Waals surface area contributed by atoms with Gasteiger partial charge in [0, 0.05) is 34.1 Å². The summed E-state index contributed by atoms with van der Waals surface area (Å²) in [5.74, 6) is 0. The third-order valence-corrected chi connectivity index (χ3v) is 12.5. The van der Waals surface area contributed by atoms with Crippen LogP contribution in [0.5, 0.6) is 0 Å². The molecule has 0 saturated heterocycles. The van der Waals surface area contributed by atoms with Gasteiger partial charge in [-0.1, -0.05) is 146 Å². The van der Waals surface area contributed by atoms with Gasteiger partial charge in [0.1, 0.15) is 0 Å². The summed E-state index contributed by atoms with van der Waals surface area (Å²) in [6.45, 7) is 2.31. The van der Waals surface area contributed by atoms with Crippen LogP contribution in [-0.4, -0.2) is 6.71 Å². The third kappa shape index (κ3) is 4.10. The molecule has 0 radical (unpaired) electrons. The Labute approximate surface area is 321 Å². The van der Waals surface area contributed by atoms with Gasteiger partial charge in [-0.2, -0.15) is 0 Å². The molecule has 0 fully saturated rings. The summed E-state index contributed by atoms with van der Waals surface area (Å²) in [5.41, 5.74) is 17.4. The van der Waals surface area contributed by atoms with Crippen LogP contribution < -0.4 is 26.2 Å². The third-order valence-electron chi connectivity index (χ3n) is 12.5. The number of rotatable bonds is 4. The lowest BCUT2D eigenvalue weighted by molar-refractivity contribution is 0.750. The van der Waals surface area contributed by atoms with Crippen molar-refractivity contribution in [2.75, 3.05) is 9.80 Å². The number of benzene rings is 9. The Morgan fingerprint density at radius 3 is 1.27 bits per heavy atom. The highest BCUT2D eigenvalue weighted by molar-refractivity contribution is 7.01. The number of fused-ring (bicyclic) bond motifs is 2. The minimum Gasteiger partial charge on any atom is -0.311 e. The van der Waals surface area contributed by atoms with Crippen LogP contribution in [0, 0.1) is 6.92 Å². The first-order valence-electron chi connectivity index (χ1n) is 19.3. The molecule has 3 aliphatic rings. The molecule has 9 aromatic rings. The van der Waals surface area contributed by atoms with Crippen molar-refractivity contribution in [2.45, 2.75) is 12.3 Å². The summed E-state index contributed by atoms with van der Waals surface area (Å²) >= 11 is 0. The summed E-state index contributed by atoms with van der Waals surface area (Å²) in [5, 5.41) is 4.97. The van der Waals surface area contributed by atoms with E-state index in [0.29, 0.717) is 0 Å². The maximum absolute atomic E-state index is 2.56. The minimum absolute atomic E-state index is 0.0527. The SMILES string of the molecule is Cc1cc2c3c(c1)N(c1ccc4ccccc4c1)c1cccc4c1B3c1c(cccc1C4(c1ccccc1)c1ccccc1)N2c1ccc2ccccc2c1. The Morgan fingerprint density at radius 2 is 0.800 bits per heavy atom. The molecule has 0 unspecified atom stereocenters. The molecule has 0 N–H and O–H groups in total. The van der Waals surface area contributed by atoms with E-state index in [1.807, 2.05) is 0 Å². The molecule has 3 heteroatoms. The van der Waals surface area contributed by atoms with Gasteiger partial charge in [0.05, 0.1) is 5.41 Å². The molecular weight excluding hydrogens is 663 g/mol. The molecule has 0 aliphatic carbocycles. The fourth-order valence-corrected chi connectivity index (χ4v) is 10.4. The first-order valence-corrected chi connectivity index (χ1v) is 19.3. The molecule has 0 aromatic heterocycles. The normalized spacial score (nSPS) is 14.3. The first-order chi connectivity index (χ1) is 27.2. The van der Waals surface area contributed by atoms with Gasteiger partial charge in [0.15, 0.2) is 0 Å².